The number of nitrogens with zero attached hydrogens (tertiary/aromatic N) is 1. The van der Waals surface area contributed by atoms with E-state index in [1.165, 1.54) is 32.1 Å². The third-order valence-corrected chi connectivity index (χ3v) is 4.49. The molecule has 10 nitrogen and oxygen atoms in total. The first-order valence-electron chi connectivity index (χ1n) is 9.18. The lowest BCUT2D eigenvalue weighted by molar-refractivity contribution is -0.157. The molecule has 2 rings (SSSR count). The van der Waals surface area contributed by atoms with Gasteiger partial charge in [0.15, 0.2) is 12.3 Å². The summed E-state index contributed by atoms with van der Waals surface area (Å²) in [5.41, 5.74) is 0. The topological polar surface area (TPSA) is 123 Å². The van der Waals surface area contributed by atoms with Crippen molar-refractivity contribution in [1.29, 1.82) is 0 Å². The standard InChI is InChI=1S/C18H27N3O7/c1-5-12-15(28-14(24)7-6-10(2)22)16(26-4)17(27-12)21-9-8-13(19-11(3)23)20-18(21)25/h8-9,12-13,15-17H,5-7H2,1-4H3,(H,19,23)(H,20,25)/t12-,13?,15+,16?,17-/m1/s1. The van der Waals surface area contributed by atoms with Crippen LogP contribution in [-0.4, -0.2) is 66.4 Å². The van der Waals surface area contributed by atoms with Gasteiger partial charge < -0.3 is 29.6 Å². The average Bonchev–Trinajstić information content (AvgIpc) is 2.96. The largest absolute Gasteiger partial charge is 0.457 e. The van der Waals surface area contributed by atoms with Crippen LogP contribution in [0.4, 0.5) is 4.79 Å². The molecule has 28 heavy (non-hydrogen) atoms. The van der Waals surface area contributed by atoms with Gasteiger partial charge >= 0.3 is 12.0 Å². The van der Waals surface area contributed by atoms with Crippen molar-refractivity contribution in [3.05, 3.63) is 12.3 Å². The molecule has 1 fully saturated rings. The lowest BCUT2D eigenvalue weighted by Crippen LogP contribution is -2.57. The Kier molecular flexibility index (Phi) is 7.53. The summed E-state index contributed by atoms with van der Waals surface area (Å²) in [6, 6.07) is -0.480. The number of rotatable bonds is 8. The summed E-state index contributed by atoms with van der Waals surface area (Å²) in [5, 5.41) is 5.20. The van der Waals surface area contributed by atoms with Gasteiger partial charge in [0.2, 0.25) is 5.91 Å². The van der Waals surface area contributed by atoms with E-state index in [-0.39, 0.29) is 24.5 Å². The van der Waals surface area contributed by atoms with Gasteiger partial charge in [-0.2, -0.15) is 0 Å². The molecule has 0 aromatic rings. The summed E-state index contributed by atoms with van der Waals surface area (Å²) in [4.78, 5) is 48.1. The van der Waals surface area contributed by atoms with Crippen LogP contribution in [0.3, 0.4) is 0 Å². The monoisotopic (exact) mass is 397 g/mol. The molecule has 5 atom stereocenters. The Hall–Kier alpha value is -2.46. The summed E-state index contributed by atoms with van der Waals surface area (Å²) in [6.07, 6.45) is 0.403. The minimum atomic E-state index is -0.810. The van der Waals surface area contributed by atoms with Crippen LogP contribution in [0.5, 0.6) is 0 Å². The first-order chi connectivity index (χ1) is 13.3. The van der Waals surface area contributed by atoms with Gasteiger partial charge in [-0.05, 0) is 19.4 Å². The lowest BCUT2D eigenvalue weighted by atomic mass is 10.1. The molecule has 3 amide bonds. The molecule has 0 bridgehead atoms. The highest BCUT2D eigenvalue weighted by Crippen LogP contribution is 2.31. The van der Waals surface area contributed by atoms with E-state index in [9.17, 15) is 19.2 Å². The number of methoxy groups -OCH3 is 1. The van der Waals surface area contributed by atoms with E-state index in [1.54, 1.807) is 6.08 Å². The van der Waals surface area contributed by atoms with Crippen LogP contribution in [-0.2, 0) is 28.6 Å². The van der Waals surface area contributed by atoms with Gasteiger partial charge in [-0.1, -0.05) is 6.92 Å². The predicted octanol–water partition coefficient (Wildman–Crippen LogP) is 0.418. The quantitative estimate of drug-likeness (QED) is 0.569. The molecule has 0 aromatic heterocycles. The first-order valence-corrected chi connectivity index (χ1v) is 9.18. The van der Waals surface area contributed by atoms with Gasteiger partial charge in [0.1, 0.15) is 18.1 Å². The van der Waals surface area contributed by atoms with Crippen molar-refractivity contribution in [3.63, 3.8) is 0 Å². The molecule has 0 saturated carbocycles. The van der Waals surface area contributed by atoms with Gasteiger partial charge in [-0.15, -0.1) is 0 Å². The van der Waals surface area contributed by atoms with E-state index in [2.05, 4.69) is 10.6 Å². The van der Waals surface area contributed by atoms with Crippen molar-refractivity contribution < 1.29 is 33.4 Å². The number of carbonyl (C=O) groups excluding carboxylic acids is 4. The number of esters is 1. The van der Waals surface area contributed by atoms with Crippen LogP contribution in [0.15, 0.2) is 12.3 Å². The highest BCUT2D eigenvalue weighted by Gasteiger charge is 2.50. The van der Waals surface area contributed by atoms with Crippen LogP contribution < -0.4 is 10.6 Å². The molecule has 10 heteroatoms. The number of hydrogen-bond acceptors (Lipinski definition) is 7. The number of carbonyl (C=O) groups is 4. The molecule has 0 aromatic carbocycles. The molecule has 2 aliphatic rings. The Morgan fingerprint density at radius 3 is 2.50 bits per heavy atom. The van der Waals surface area contributed by atoms with Crippen molar-refractivity contribution >= 4 is 23.7 Å². The highest BCUT2D eigenvalue weighted by molar-refractivity contribution is 5.81. The maximum Gasteiger partial charge on any atom is 0.325 e. The zero-order chi connectivity index (χ0) is 20.8. The van der Waals surface area contributed by atoms with E-state index < -0.39 is 42.7 Å². The van der Waals surface area contributed by atoms with Crippen molar-refractivity contribution in [1.82, 2.24) is 15.5 Å². The molecule has 2 heterocycles. The molecule has 0 spiro atoms. The maximum absolute atomic E-state index is 12.5. The molecule has 156 valence electrons. The van der Waals surface area contributed by atoms with E-state index >= 15 is 0 Å². The minimum Gasteiger partial charge on any atom is -0.457 e. The smallest absolute Gasteiger partial charge is 0.325 e. The van der Waals surface area contributed by atoms with E-state index in [1.807, 2.05) is 6.92 Å². The van der Waals surface area contributed by atoms with Crippen molar-refractivity contribution in [2.45, 2.75) is 70.7 Å². The van der Waals surface area contributed by atoms with Gasteiger partial charge in [0, 0.05) is 26.7 Å². The van der Waals surface area contributed by atoms with E-state index in [0.717, 1.165) is 0 Å². The van der Waals surface area contributed by atoms with Gasteiger partial charge in [0.25, 0.3) is 0 Å². The molecular formula is C18H27N3O7. The number of Topliss-reactive ketones (excluding diaryl/α,β-unsaturated/α-hetero) is 1. The molecule has 0 radical (unpaired) electrons. The number of amides is 3. The Labute approximate surface area is 163 Å². The number of nitrogens with one attached hydrogen (secondary N) is 2. The van der Waals surface area contributed by atoms with Crippen molar-refractivity contribution in [2.24, 2.45) is 0 Å². The van der Waals surface area contributed by atoms with E-state index in [4.69, 9.17) is 14.2 Å². The third-order valence-electron chi connectivity index (χ3n) is 4.49. The second-order valence-corrected chi connectivity index (χ2v) is 6.71. The Morgan fingerprint density at radius 2 is 1.96 bits per heavy atom. The number of hydrogen-bond donors (Lipinski definition) is 2. The fraction of sp³-hybridized carbons (Fsp3) is 0.667. The molecule has 0 aliphatic carbocycles. The Morgan fingerprint density at radius 1 is 1.25 bits per heavy atom. The summed E-state index contributed by atoms with van der Waals surface area (Å²) in [5.74, 6) is -0.898. The number of ketones is 1. The number of ether oxygens (including phenoxy) is 3. The first kappa shape index (κ1) is 21.8. The second-order valence-electron chi connectivity index (χ2n) is 6.71. The minimum absolute atomic E-state index is 0.0220. The predicted molar refractivity (Wildman–Crippen MR) is 96.7 cm³/mol. The fourth-order valence-electron chi connectivity index (χ4n) is 3.15. The van der Waals surface area contributed by atoms with Crippen molar-refractivity contribution in [3.8, 4) is 0 Å². The van der Waals surface area contributed by atoms with Crippen LogP contribution in [0, 0.1) is 0 Å². The van der Waals surface area contributed by atoms with Crippen LogP contribution in [0.25, 0.3) is 0 Å². The molecule has 1 saturated heterocycles. The summed E-state index contributed by atoms with van der Waals surface area (Å²) in [7, 11) is 1.45. The molecular weight excluding hydrogens is 370 g/mol. The number of urea groups is 1. The van der Waals surface area contributed by atoms with Crippen LogP contribution in [0.2, 0.25) is 0 Å². The van der Waals surface area contributed by atoms with Gasteiger partial charge in [-0.25, -0.2) is 4.79 Å². The normalized spacial score (nSPS) is 29.4. The summed E-state index contributed by atoms with van der Waals surface area (Å²) in [6.45, 7) is 4.63. The Bertz CT molecular complexity index is 651. The average molecular weight is 397 g/mol. The fourth-order valence-corrected chi connectivity index (χ4v) is 3.15. The Balaban J connectivity index is 2.11. The highest BCUT2D eigenvalue weighted by atomic mass is 16.6. The molecule has 2 unspecified atom stereocenters. The third kappa shape index (κ3) is 5.29. The zero-order valence-electron chi connectivity index (χ0n) is 16.5. The van der Waals surface area contributed by atoms with Crippen molar-refractivity contribution in [2.75, 3.05) is 7.11 Å². The van der Waals surface area contributed by atoms with Crippen LogP contribution >= 0.6 is 0 Å². The van der Waals surface area contributed by atoms with E-state index in [0.29, 0.717) is 6.42 Å². The summed E-state index contributed by atoms with van der Waals surface area (Å²) < 4.78 is 16.9. The zero-order valence-corrected chi connectivity index (χ0v) is 16.5. The second kappa shape index (κ2) is 9.65. The molecule has 2 aliphatic heterocycles. The van der Waals surface area contributed by atoms with Crippen LogP contribution in [0.1, 0.15) is 40.0 Å². The van der Waals surface area contributed by atoms with Gasteiger partial charge in [-0.3, -0.25) is 14.5 Å². The lowest BCUT2D eigenvalue weighted by Gasteiger charge is -2.33. The SMILES string of the molecule is CC[C@H]1O[C@@H](N2C=CC(NC(C)=O)NC2=O)C(OC)[C@H]1OC(=O)CCC(C)=O. The summed E-state index contributed by atoms with van der Waals surface area (Å²) >= 11 is 0. The molecule has 2 N–H and O–H groups in total. The maximum atomic E-state index is 12.5. The van der Waals surface area contributed by atoms with Gasteiger partial charge in [0.05, 0.1) is 12.5 Å².